The lowest BCUT2D eigenvalue weighted by atomic mass is 10.0. The molecule has 0 radical (unpaired) electrons. The zero-order valence-electron chi connectivity index (χ0n) is 8.96. The number of aromatic nitrogens is 1. The number of hydrogen-bond donors (Lipinski definition) is 0. The minimum absolute atomic E-state index is 0.802. The van der Waals surface area contributed by atoms with Gasteiger partial charge in [-0.15, -0.1) is 0 Å². The summed E-state index contributed by atoms with van der Waals surface area (Å²) in [7, 11) is 0. The molecule has 1 unspecified atom stereocenters. The van der Waals surface area contributed by atoms with E-state index >= 15 is 0 Å². The topological polar surface area (TPSA) is 12.9 Å². The van der Waals surface area contributed by atoms with Gasteiger partial charge in [0.2, 0.25) is 0 Å². The second kappa shape index (κ2) is 6.02. The standard InChI is InChI=1S/C12H18ClN/c1-3-10(2)6-4-8-12-11(13)7-5-9-14-12/h5,7,9-10H,3-4,6,8H2,1-2H3. The molecule has 1 rings (SSSR count). The highest BCUT2D eigenvalue weighted by Crippen LogP contribution is 2.17. The van der Waals surface area contributed by atoms with Gasteiger partial charge < -0.3 is 0 Å². The van der Waals surface area contributed by atoms with Crippen molar-refractivity contribution < 1.29 is 0 Å². The van der Waals surface area contributed by atoms with Crippen LogP contribution >= 0.6 is 11.6 Å². The lowest BCUT2D eigenvalue weighted by molar-refractivity contribution is 0.494. The Morgan fingerprint density at radius 3 is 2.93 bits per heavy atom. The molecule has 2 heteroatoms. The van der Waals surface area contributed by atoms with Crippen molar-refractivity contribution in [1.82, 2.24) is 4.98 Å². The van der Waals surface area contributed by atoms with Gasteiger partial charge in [0.25, 0.3) is 0 Å². The van der Waals surface area contributed by atoms with Crippen LogP contribution in [0.4, 0.5) is 0 Å². The van der Waals surface area contributed by atoms with Crippen LogP contribution < -0.4 is 0 Å². The van der Waals surface area contributed by atoms with E-state index < -0.39 is 0 Å². The third-order valence-corrected chi connectivity index (χ3v) is 2.99. The van der Waals surface area contributed by atoms with Gasteiger partial charge in [-0.25, -0.2) is 0 Å². The molecule has 0 N–H and O–H groups in total. The van der Waals surface area contributed by atoms with Crippen LogP contribution in [-0.4, -0.2) is 4.98 Å². The van der Waals surface area contributed by atoms with Gasteiger partial charge in [0, 0.05) is 6.20 Å². The summed E-state index contributed by atoms with van der Waals surface area (Å²) >= 11 is 6.01. The van der Waals surface area contributed by atoms with E-state index in [1.165, 1.54) is 19.3 Å². The molecule has 0 amide bonds. The average Bonchev–Trinajstić information content (AvgIpc) is 2.20. The van der Waals surface area contributed by atoms with Crippen molar-refractivity contribution in [2.75, 3.05) is 0 Å². The molecule has 1 aromatic heterocycles. The van der Waals surface area contributed by atoms with E-state index in [2.05, 4.69) is 18.8 Å². The van der Waals surface area contributed by atoms with Crippen molar-refractivity contribution in [3.05, 3.63) is 29.0 Å². The summed E-state index contributed by atoms with van der Waals surface area (Å²) < 4.78 is 0. The fraction of sp³-hybridized carbons (Fsp3) is 0.583. The fourth-order valence-electron chi connectivity index (χ4n) is 1.42. The molecular weight excluding hydrogens is 194 g/mol. The fourth-order valence-corrected chi connectivity index (χ4v) is 1.64. The Morgan fingerprint density at radius 1 is 1.50 bits per heavy atom. The quantitative estimate of drug-likeness (QED) is 0.715. The zero-order chi connectivity index (χ0) is 10.4. The number of aryl methyl sites for hydroxylation is 1. The molecule has 0 aliphatic heterocycles. The molecule has 0 fully saturated rings. The normalized spacial score (nSPS) is 12.8. The van der Waals surface area contributed by atoms with E-state index in [1.807, 2.05) is 18.3 Å². The molecule has 0 aliphatic rings. The zero-order valence-corrected chi connectivity index (χ0v) is 9.72. The summed E-state index contributed by atoms with van der Waals surface area (Å²) in [4.78, 5) is 4.27. The molecule has 0 saturated carbocycles. The summed E-state index contributed by atoms with van der Waals surface area (Å²) in [6, 6.07) is 3.79. The first kappa shape index (κ1) is 11.5. The third-order valence-electron chi connectivity index (χ3n) is 2.64. The Morgan fingerprint density at radius 2 is 2.29 bits per heavy atom. The molecule has 1 heterocycles. The van der Waals surface area contributed by atoms with Crippen LogP contribution in [-0.2, 0) is 6.42 Å². The van der Waals surface area contributed by atoms with Crippen LogP contribution in [0.1, 0.15) is 38.8 Å². The smallest absolute Gasteiger partial charge is 0.0621 e. The van der Waals surface area contributed by atoms with Gasteiger partial charge in [0.1, 0.15) is 0 Å². The molecule has 78 valence electrons. The van der Waals surface area contributed by atoms with E-state index in [4.69, 9.17) is 11.6 Å². The van der Waals surface area contributed by atoms with E-state index in [0.717, 1.165) is 23.1 Å². The van der Waals surface area contributed by atoms with E-state index in [9.17, 15) is 0 Å². The SMILES string of the molecule is CCC(C)CCCc1ncccc1Cl. The predicted molar refractivity (Wildman–Crippen MR) is 61.6 cm³/mol. The summed E-state index contributed by atoms with van der Waals surface area (Å²) in [6.45, 7) is 4.53. The minimum Gasteiger partial charge on any atom is -0.260 e. The number of hydrogen-bond acceptors (Lipinski definition) is 1. The molecule has 0 spiro atoms. The van der Waals surface area contributed by atoms with Crippen LogP contribution in [0.2, 0.25) is 5.02 Å². The number of rotatable bonds is 5. The van der Waals surface area contributed by atoms with Gasteiger partial charge in [-0.3, -0.25) is 4.98 Å². The second-order valence-corrected chi connectivity index (χ2v) is 4.24. The van der Waals surface area contributed by atoms with Crippen LogP contribution in [0.25, 0.3) is 0 Å². The van der Waals surface area contributed by atoms with E-state index in [1.54, 1.807) is 0 Å². The molecule has 1 aromatic rings. The predicted octanol–water partition coefficient (Wildman–Crippen LogP) is 4.10. The molecule has 0 aliphatic carbocycles. The number of nitrogens with zero attached hydrogens (tertiary/aromatic N) is 1. The maximum atomic E-state index is 6.01. The molecule has 14 heavy (non-hydrogen) atoms. The van der Waals surface area contributed by atoms with Crippen molar-refractivity contribution in [2.45, 2.75) is 39.5 Å². The summed E-state index contributed by atoms with van der Waals surface area (Å²) in [5.74, 6) is 0.817. The Bertz CT molecular complexity index is 273. The molecular formula is C12H18ClN. The highest BCUT2D eigenvalue weighted by atomic mass is 35.5. The third kappa shape index (κ3) is 3.67. The Labute approximate surface area is 91.5 Å². The molecule has 0 bridgehead atoms. The molecule has 1 nitrogen and oxygen atoms in total. The monoisotopic (exact) mass is 211 g/mol. The highest BCUT2D eigenvalue weighted by Gasteiger charge is 2.02. The average molecular weight is 212 g/mol. The van der Waals surface area contributed by atoms with E-state index in [-0.39, 0.29) is 0 Å². The van der Waals surface area contributed by atoms with Crippen LogP contribution in [0.15, 0.2) is 18.3 Å². The lowest BCUT2D eigenvalue weighted by Gasteiger charge is -2.07. The summed E-state index contributed by atoms with van der Waals surface area (Å²) in [5, 5.41) is 0.802. The van der Waals surface area contributed by atoms with Gasteiger partial charge in [0.05, 0.1) is 10.7 Å². The van der Waals surface area contributed by atoms with Crippen molar-refractivity contribution in [1.29, 1.82) is 0 Å². The van der Waals surface area contributed by atoms with Gasteiger partial charge in [-0.05, 0) is 30.9 Å². The van der Waals surface area contributed by atoms with Crippen molar-refractivity contribution in [3.8, 4) is 0 Å². The second-order valence-electron chi connectivity index (χ2n) is 3.84. The van der Waals surface area contributed by atoms with Gasteiger partial charge >= 0.3 is 0 Å². The first-order chi connectivity index (χ1) is 6.74. The Balaban J connectivity index is 2.35. The minimum atomic E-state index is 0.802. The summed E-state index contributed by atoms with van der Waals surface area (Å²) in [5.41, 5.74) is 1.04. The first-order valence-corrected chi connectivity index (χ1v) is 5.71. The number of pyridine rings is 1. The van der Waals surface area contributed by atoms with E-state index in [0.29, 0.717) is 0 Å². The van der Waals surface area contributed by atoms with Crippen molar-refractivity contribution in [2.24, 2.45) is 5.92 Å². The largest absolute Gasteiger partial charge is 0.260 e. The lowest BCUT2D eigenvalue weighted by Crippen LogP contribution is -1.96. The maximum absolute atomic E-state index is 6.01. The van der Waals surface area contributed by atoms with Crippen LogP contribution in [0.3, 0.4) is 0 Å². The first-order valence-electron chi connectivity index (χ1n) is 5.33. The van der Waals surface area contributed by atoms with Crippen molar-refractivity contribution >= 4 is 11.6 Å². The number of halogens is 1. The highest BCUT2D eigenvalue weighted by molar-refractivity contribution is 6.31. The Hall–Kier alpha value is -0.560. The van der Waals surface area contributed by atoms with Crippen LogP contribution in [0, 0.1) is 5.92 Å². The van der Waals surface area contributed by atoms with Gasteiger partial charge in [0.15, 0.2) is 0 Å². The van der Waals surface area contributed by atoms with Gasteiger partial charge in [-0.1, -0.05) is 38.3 Å². The summed E-state index contributed by atoms with van der Waals surface area (Å²) in [6.07, 6.45) is 6.53. The molecule has 1 atom stereocenters. The maximum Gasteiger partial charge on any atom is 0.0621 e. The van der Waals surface area contributed by atoms with Crippen molar-refractivity contribution in [3.63, 3.8) is 0 Å². The molecule has 0 saturated heterocycles. The molecule has 0 aromatic carbocycles. The van der Waals surface area contributed by atoms with Gasteiger partial charge in [-0.2, -0.15) is 0 Å². The van der Waals surface area contributed by atoms with Crippen LogP contribution in [0.5, 0.6) is 0 Å². The Kier molecular flexibility index (Phi) is 4.95.